The number of aromatic nitrogens is 2. The second-order valence-electron chi connectivity index (χ2n) is 3.49. The van der Waals surface area contributed by atoms with Crippen molar-refractivity contribution in [2.75, 3.05) is 0 Å². The van der Waals surface area contributed by atoms with Crippen molar-refractivity contribution in [2.24, 2.45) is 12.8 Å². The highest BCUT2D eigenvalue weighted by atomic mass is 79.9. The number of Topliss-reactive ketones (excluding diaryl/α,β-unsaturated/α-hetero) is 1. The van der Waals surface area contributed by atoms with E-state index < -0.39 is 17.5 Å². The Morgan fingerprint density at radius 1 is 1.56 bits per heavy atom. The monoisotopic (exact) mass is 299 g/mol. The SMILES string of the molecule is Cn1ncc(Br)c1C(=O)C(C)(N)C(F)(F)F. The summed E-state index contributed by atoms with van der Waals surface area (Å²) in [6, 6.07) is 0. The van der Waals surface area contributed by atoms with E-state index in [4.69, 9.17) is 5.73 Å². The maximum absolute atomic E-state index is 12.5. The van der Waals surface area contributed by atoms with Gasteiger partial charge in [-0.05, 0) is 22.9 Å². The summed E-state index contributed by atoms with van der Waals surface area (Å²) in [6.45, 7) is 0.634. The third-order valence-electron chi connectivity index (χ3n) is 2.17. The van der Waals surface area contributed by atoms with E-state index in [9.17, 15) is 18.0 Å². The first-order chi connectivity index (χ1) is 7.09. The molecule has 4 nitrogen and oxygen atoms in total. The van der Waals surface area contributed by atoms with E-state index in [-0.39, 0.29) is 10.2 Å². The van der Waals surface area contributed by atoms with Crippen LogP contribution in [-0.2, 0) is 7.05 Å². The zero-order valence-electron chi connectivity index (χ0n) is 8.47. The largest absolute Gasteiger partial charge is 0.413 e. The molecule has 1 aromatic heterocycles. The lowest BCUT2D eigenvalue weighted by Crippen LogP contribution is -2.57. The molecule has 0 amide bonds. The van der Waals surface area contributed by atoms with E-state index in [1.54, 1.807) is 0 Å². The van der Waals surface area contributed by atoms with Gasteiger partial charge in [0.2, 0.25) is 5.78 Å². The lowest BCUT2D eigenvalue weighted by atomic mass is 9.95. The maximum Gasteiger partial charge on any atom is 0.413 e. The minimum absolute atomic E-state index is 0.181. The van der Waals surface area contributed by atoms with Crippen molar-refractivity contribution in [2.45, 2.75) is 18.6 Å². The molecule has 0 bridgehead atoms. The summed E-state index contributed by atoms with van der Waals surface area (Å²) < 4.78 is 38.9. The van der Waals surface area contributed by atoms with Gasteiger partial charge < -0.3 is 5.73 Å². The molecule has 1 rings (SSSR count). The van der Waals surface area contributed by atoms with E-state index in [0.29, 0.717) is 6.92 Å². The van der Waals surface area contributed by atoms with E-state index >= 15 is 0 Å². The number of carbonyl (C=O) groups excluding carboxylic acids is 1. The average molecular weight is 300 g/mol. The Morgan fingerprint density at radius 3 is 2.38 bits per heavy atom. The number of halogens is 4. The number of alkyl halides is 3. The van der Waals surface area contributed by atoms with Crippen molar-refractivity contribution in [3.8, 4) is 0 Å². The molecule has 0 aliphatic heterocycles. The van der Waals surface area contributed by atoms with Gasteiger partial charge in [-0.25, -0.2) is 0 Å². The van der Waals surface area contributed by atoms with Gasteiger partial charge in [-0.3, -0.25) is 9.48 Å². The number of nitrogens with two attached hydrogens (primary N) is 1. The van der Waals surface area contributed by atoms with Crippen molar-refractivity contribution in [1.82, 2.24) is 9.78 Å². The number of ketones is 1. The van der Waals surface area contributed by atoms with Gasteiger partial charge in [-0.1, -0.05) is 0 Å². The van der Waals surface area contributed by atoms with Gasteiger partial charge in [0.1, 0.15) is 5.69 Å². The maximum atomic E-state index is 12.5. The third kappa shape index (κ3) is 1.99. The highest BCUT2D eigenvalue weighted by molar-refractivity contribution is 9.10. The normalized spacial score (nSPS) is 15.9. The first-order valence-electron chi connectivity index (χ1n) is 4.17. The van der Waals surface area contributed by atoms with Crippen LogP contribution in [0.1, 0.15) is 17.4 Å². The first kappa shape index (κ1) is 13.2. The number of aryl methyl sites for hydroxylation is 1. The molecule has 2 N–H and O–H groups in total. The second kappa shape index (κ2) is 3.85. The van der Waals surface area contributed by atoms with E-state index in [2.05, 4.69) is 21.0 Å². The number of rotatable bonds is 2. The summed E-state index contributed by atoms with van der Waals surface area (Å²) in [5.74, 6) is -1.23. The fraction of sp³-hybridized carbons (Fsp3) is 0.500. The molecular formula is C8H9BrF3N3O. The molecule has 0 aliphatic carbocycles. The van der Waals surface area contributed by atoms with Crippen molar-refractivity contribution < 1.29 is 18.0 Å². The molecule has 1 aromatic rings. The van der Waals surface area contributed by atoms with Crippen LogP contribution in [0.3, 0.4) is 0 Å². The number of hydrogen-bond acceptors (Lipinski definition) is 3. The van der Waals surface area contributed by atoms with Crippen LogP contribution in [0, 0.1) is 0 Å². The summed E-state index contributed by atoms with van der Waals surface area (Å²) in [7, 11) is 1.37. The van der Waals surface area contributed by atoms with Crippen LogP contribution < -0.4 is 5.73 Å². The molecule has 1 heterocycles. The van der Waals surface area contributed by atoms with Crippen molar-refractivity contribution >= 4 is 21.7 Å². The van der Waals surface area contributed by atoms with Crippen LogP contribution in [0.15, 0.2) is 10.7 Å². The van der Waals surface area contributed by atoms with Crippen LogP contribution in [0.5, 0.6) is 0 Å². The number of hydrogen-bond donors (Lipinski definition) is 1. The molecule has 0 radical (unpaired) electrons. The van der Waals surface area contributed by atoms with Gasteiger partial charge in [0.05, 0.1) is 10.7 Å². The molecule has 0 fully saturated rings. The standard InChI is InChI=1S/C8H9BrF3N3O/c1-7(13,8(10,11)12)6(16)5-4(9)3-14-15(5)2/h3H,13H2,1-2H3. The van der Waals surface area contributed by atoms with Crippen LogP contribution in [0.2, 0.25) is 0 Å². The Hall–Kier alpha value is -0.890. The first-order valence-corrected chi connectivity index (χ1v) is 4.96. The number of carbonyl (C=O) groups is 1. The predicted molar refractivity (Wildman–Crippen MR) is 53.9 cm³/mol. The Labute approximate surface area is 97.7 Å². The molecule has 1 unspecified atom stereocenters. The summed E-state index contributed by atoms with van der Waals surface area (Å²) in [5.41, 5.74) is 1.90. The Morgan fingerprint density at radius 2 is 2.06 bits per heavy atom. The third-order valence-corrected chi connectivity index (χ3v) is 2.75. The molecular weight excluding hydrogens is 291 g/mol. The minimum Gasteiger partial charge on any atom is -0.311 e. The summed E-state index contributed by atoms with van der Waals surface area (Å²) in [5, 5.41) is 3.66. The molecule has 8 heteroatoms. The summed E-state index contributed by atoms with van der Waals surface area (Å²) in [4.78, 5) is 11.7. The van der Waals surface area contributed by atoms with E-state index in [1.807, 2.05) is 0 Å². The molecule has 16 heavy (non-hydrogen) atoms. The molecule has 90 valence electrons. The van der Waals surface area contributed by atoms with Gasteiger partial charge in [-0.15, -0.1) is 0 Å². The van der Waals surface area contributed by atoms with E-state index in [1.165, 1.54) is 13.2 Å². The summed E-state index contributed by atoms with van der Waals surface area (Å²) in [6.07, 6.45) is -3.58. The predicted octanol–water partition coefficient (Wildman–Crippen LogP) is 1.65. The zero-order valence-corrected chi connectivity index (χ0v) is 10.1. The van der Waals surface area contributed by atoms with Gasteiger partial charge >= 0.3 is 6.18 Å². The van der Waals surface area contributed by atoms with Crippen molar-refractivity contribution in [3.05, 3.63) is 16.4 Å². The van der Waals surface area contributed by atoms with Crippen molar-refractivity contribution in [3.63, 3.8) is 0 Å². The molecule has 0 aliphatic rings. The smallest absolute Gasteiger partial charge is 0.311 e. The van der Waals surface area contributed by atoms with Crippen molar-refractivity contribution in [1.29, 1.82) is 0 Å². The van der Waals surface area contributed by atoms with Gasteiger partial charge in [0, 0.05) is 7.05 Å². The lowest BCUT2D eigenvalue weighted by Gasteiger charge is -2.25. The van der Waals surface area contributed by atoms with Gasteiger partial charge in [0.25, 0.3) is 0 Å². The van der Waals surface area contributed by atoms with Gasteiger partial charge in [-0.2, -0.15) is 18.3 Å². The topological polar surface area (TPSA) is 60.9 Å². The lowest BCUT2D eigenvalue weighted by molar-refractivity contribution is -0.166. The molecule has 0 saturated heterocycles. The molecule has 0 aromatic carbocycles. The van der Waals surface area contributed by atoms with Crippen LogP contribution in [0.4, 0.5) is 13.2 Å². The Kier molecular flexibility index (Phi) is 3.17. The highest BCUT2D eigenvalue weighted by Gasteiger charge is 2.54. The van der Waals surface area contributed by atoms with Crippen LogP contribution in [0.25, 0.3) is 0 Å². The molecule has 0 saturated carbocycles. The molecule has 1 atom stereocenters. The zero-order chi connectivity index (χ0) is 12.7. The second-order valence-corrected chi connectivity index (χ2v) is 4.35. The van der Waals surface area contributed by atoms with Gasteiger partial charge in [0.15, 0.2) is 5.54 Å². The fourth-order valence-corrected chi connectivity index (χ4v) is 1.57. The van der Waals surface area contributed by atoms with Crippen LogP contribution in [-0.4, -0.2) is 27.3 Å². The Bertz CT molecular complexity index is 405. The minimum atomic E-state index is -4.81. The Balaban J connectivity index is 3.23. The summed E-state index contributed by atoms with van der Waals surface area (Å²) >= 11 is 2.95. The fourth-order valence-electron chi connectivity index (χ4n) is 1.04. The molecule has 0 spiro atoms. The quantitative estimate of drug-likeness (QED) is 0.845. The highest BCUT2D eigenvalue weighted by Crippen LogP contribution is 2.32. The number of nitrogens with zero attached hydrogens (tertiary/aromatic N) is 2. The van der Waals surface area contributed by atoms with Crippen LogP contribution >= 0.6 is 15.9 Å². The average Bonchev–Trinajstić information content (AvgIpc) is 2.43. The van der Waals surface area contributed by atoms with E-state index in [0.717, 1.165) is 4.68 Å².